The quantitative estimate of drug-likeness (QED) is 0.375. The van der Waals surface area contributed by atoms with Gasteiger partial charge in [-0.2, -0.15) is 22.9 Å². The lowest BCUT2D eigenvalue weighted by Crippen LogP contribution is -2.31. The Balaban J connectivity index is 2.54. The zero-order chi connectivity index (χ0) is 24.2. The number of nitrogens with zero attached hydrogens (tertiary/aromatic N) is 2. The third-order valence-electron chi connectivity index (χ3n) is 5.02. The van der Waals surface area contributed by atoms with Gasteiger partial charge in [-0.15, -0.1) is 0 Å². The van der Waals surface area contributed by atoms with Gasteiger partial charge in [0.15, 0.2) is 0 Å². The number of hydrogen-bond donors (Lipinski definition) is 2. The minimum Gasteiger partial charge on any atom is -0.481 e. The van der Waals surface area contributed by atoms with Crippen LogP contribution in [0.4, 0.5) is 24.5 Å². The third-order valence-corrected chi connectivity index (χ3v) is 6.63. The number of nitrogens with one attached hydrogen (secondary N) is 1. The molecule has 0 radical (unpaired) electrons. The van der Waals surface area contributed by atoms with E-state index in [1.54, 1.807) is 0 Å². The number of carboxylic acids is 1. The van der Waals surface area contributed by atoms with Crippen LogP contribution in [0.1, 0.15) is 63.1 Å². The second-order valence-corrected chi connectivity index (χ2v) is 10.7. The van der Waals surface area contributed by atoms with Gasteiger partial charge in [-0.3, -0.25) is 4.79 Å². The molecule has 0 amide bonds. The van der Waals surface area contributed by atoms with Crippen molar-refractivity contribution in [3.63, 3.8) is 0 Å². The summed E-state index contributed by atoms with van der Waals surface area (Å²) in [7, 11) is -1.01. The largest absolute Gasteiger partial charge is 0.481 e. The van der Waals surface area contributed by atoms with E-state index < -0.39 is 28.5 Å². The van der Waals surface area contributed by atoms with Crippen LogP contribution in [0.5, 0.6) is 0 Å². The van der Waals surface area contributed by atoms with E-state index in [-0.39, 0.29) is 17.2 Å². The average Bonchev–Trinajstić information content (AvgIpc) is 3.00. The molecule has 2 aromatic rings. The van der Waals surface area contributed by atoms with Gasteiger partial charge < -0.3 is 10.0 Å². The molecule has 2 atom stereocenters. The van der Waals surface area contributed by atoms with Crippen LogP contribution in [0, 0.1) is 18.8 Å². The molecule has 0 saturated heterocycles. The molecule has 2 rings (SSSR count). The van der Waals surface area contributed by atoms with Crippen LogP contribution < -0.4 is 9.62 Å². The van der Waals surface area contributed by atoms with E-state index in [9.17, 15) is 23.1 Å². The molecule has 0 spiro atoms. The molecule has 32 heavy (non-hydrogen) atoms. The van der Waals surface area contributed by atoms with Gasteiger partial charge in [0.2, 0.25) is 10.6 Å². The van der Waals surface area contributed by atoms with Gasteiger partial charge in [0.1, 0.15) is 16.3 Å². The van der Waals surface area contributed by atoms with Crippen molar-refractivity contribution in [1.29, 1.82) is 0 Å². The van der Waals surface area contributed by atoms with Gasteiger partial charge in [0.05, 0.1) is 12.1 Å². The van der Waals surface area contributed by atoms with Crippen LogP contribution >= 0.6 is 10.7 Å². The molecule has 0 saturated carbocycles. The molecule has 5 nitrogen and oxygen atoms in total. The van der Waals surface area contributed by atoms with Crippen molar-refractivity contribution in [2.45, 2.75) is 60.1 Å². The summed E-state index contributed by atoms with van der Waals surface area (Å²) in [5, 5.41) is 9.17. The smallest absolute Gasteiger partial charge is 0.438 e. The number of carboxylic acid groups (broad SMARTS) is 1. The molecule has 0 aliphatic carbocycles. The molecule has 1 aromatic carbocycles. The first-order valence-corrected chi connectivity index (χ1v) is 12.0. The topological polar surface area (TPSA) is 65.5 Å². The summed E-state index contributed by atoms with van der Waals surface area (Å²) in [4.78, 5) is 17.2. The summed E-state index contributed by atoms with van der Waals surface area (Å²) in [5.74, 6) is -0.341. The fourth-order valence-corrected chi connectivity index (χ4v) is 4.98. The number of thiazole rings is 1. The van der Waals surface area contributed by atoms with Crippen LogP contribution in [-0.2, 0) is 11.0 Å². The molecule has 0 fully saturated rings. The first-order valence-electron chi connectivity index (χ1n) is 10.7. The van der Waals surface area contributed by atoms with E-state index in [1.807, 2.05) is 25.1 Å². The Labute approximate surface area is 190 Å². The molecular formula is C23H33F3N3O2S+. The minimum atomic E-state index is -4.49. The number of rotatable bonds is 10. The Bertz CT molecular complexity index is 916. The predicted molar refractivity (Wildman–Crippen MR) is 124 cm³/mol. The lowest BCUT2D eigenvalue weighted by Gasteiger charge is -2.30. The zero-order valence-electron chi connectivity index (χ0n) is 19.5. The van der Waals surface area contributed by atoms with Gasteiger partial charge in [0, 0.05) is 20.0 Å². The van der Waals surface area contributed by atoms with Crippen molar-refractivity contribution in [3.8, 4) is 0 Å². The summed E-state index contributed by atoms with van der Waals surface area (Å²) >= 11 is 0. The second-order valence-electron chi connectivity index (χ2n) is 9.05. The monoisotopic (exact) mass is 472 g/mol. The Morgan fingerprint density at radius 2 is 1.75 bits per heavy atom. The van der Waals surface area contributed by atoms with Crippen LogP contribution in [0.2, 0.25) is 0 Å². The van der Waals surface area contributed by atoms with Crippen molar-refractivity contribution < 1.29 is 23.1 Å². The van der Waals surface area contributed by atoms with E-state index in [4.69, 9.17) is 0 Å². The number of aliphatic carboxylic acids is 1. The van der Waals surface area contributed by atoms with Crippen molar-refractivity contribution in [1.82, 2.24) is 4.98 Å². The molecule has 0 bridgehead atoms. The highest BCUT2D eigenvalue weighted by atomic mass is 32.2. The lowest BCUT2D eigenvalue weighted by molar-refractivity contribution is -0.141. The van der Waals surface area contributed by atoms with E-state index in [1.165, 1.54) is 12.4 Å². The van der Waals surface area contributed by atoms with E-state index >= 15 is 0 Å². The highest BCUT2D eigenvalue weighted by Gasteiger charge is 2.40. The highest BCUT2D eigenvalue weighted by molar-refractivity contribution is 7.32. The molecule has 1 heterocycles. The number of alkyl halides is 3. The Hall–Kier alpha value is -2.29. The van der Waals surface area contributed by atoms with Gasteiger partial charge in [-0.05, 0) is 35.4 Å². The summed E-state index contributed by atoms with van der Waals surface area (Å²) in [6.07, 6.45) is -4.52. The fraction of sp³-hybridized carbons (Fsp3) is 0.565. The fourth-order valence-electron chi connectivity index (χ4n) is 3.62. The Morgan fingerprint density at radius 3 is 2.22 bits per heavy atom. The summed E-state index contributed by atoms with van der Waals surface area (Å²) < 4.78 is 43.0. The Kier molecular flexibility index (Phi) is 8.56. The van der Waals surface area contributed by atoms with E-state index in [0.29, 0.717) is 17.5 Å². The van der Waals surface area contributed by atoms with Crippen LogP contribution in [0.15, 0.2) is 23.7 Å². The number of benzene rings is 1. The number of hydrogen-bond acceptors (Lipinski definition) is 4. The maximum absolute atomic E-state index is 13.3. The van der Waals surface area contributed by atoms with Gasteiger partial charge in [-0.25, -0.2) is 0 Å². The van der Waals surface area contributed by atoms with E-state index in [2.05, 4.69) is 42.3 Å². The standard InChI is InChI=1S/C23H32F3N3O2S/c1-14(2)11-29(12-15(3)4)20-8-7-18(16(5)9-21(30)31)10-19(20)28-32-13-27-22(17(32)6)23(24,25)26/h7-8,10,13-16,28H,9,11-12H2,1-6H3/p+1. The molecule has 9 heteroatoms. The molecule has 2 N–H and O–H groups in total. The SMILES string of the molecule is Cc1c(C(F)(F)F)nc[s+]1Nc1cc(C(C)CC(=O)O)ccc1N(CC(C)C)CC(C)C. The summed E-state index contributed by atoms with van der Waals surface area (Å²) in [6.45, 7) is 13.4. The zero-order valence-corrected chi connectivity index (χ0v) is 20.3. The molecule has 0 aliphatic heterocycles. The van der Waals surface area contributed by atoms with Crippen LogP contribution in [0.25, 0.3) is 0 Å². The molecule has 2 unspecified atom stereocenters. The highest BCUT2D eigenvalue weighted by Crippen LogP contribution is 2.40. The van der Waals surface area contributed by atoms with Crippen molar-refractivity contribution in [2.24, 2.45) is 11.8 Å². The summed E-state index contributed by atoms with van der Waals surface area (Å²) in [6, 6.07) is 5.73. The van der Waals surface area contributed by atoms with Gasteiger partial charge in [-0.1, -0.05) is 40.7 Å². The summed E-state index contributed by atoms with van der Waals surface area (Å²) in [5.41, 5.74) is 2.87. The predicted octanol–water partition coefficient (Wildman–Crippen LogP) is 6.73. The number of aromatic nitrogens is 1. The van der Waals surface area contributed by atoms with Crippen molar-refractivity contribution >= 4 is 28.0 Å². The normalized spacial score (nSPS) is 13.5. The molecule has 0 aliphatic rings. The van der Waals surface area contributed by atoms with Crippen molar-refractivity contribution in [2.75, 3.05) is 22.7 Å². The molecular weight excluding hydrogens is 439 g/mol. The lowest BCUT2D eigenvalue weighted by atomic mass is 9.96. The Morgan fingerprint density at radius 1 is 1.16 bits per heavy atom. The maximum atomic E-state index is 13.3. The maximum Gasteiger partial charge on any atom is 0.438 e. The third kappa shape index (κ3) is 6.85. The number of halogens is 3. The minimum absolute atomic E-state index is 0.0230. The molecule has 1 aromatic heterocycles. The first kappa shape index (κ1) is 26.0. The first-order chi connectivity index (χ1) is 14.8. The van der Waals surface area contributed by atoms with Gasteiger partial charge >= 0.3 is 12.1 Å². The number of carbonyl (C=O) groups is 1. The van der Waals surface area contributed by atoms with E-state index in [0.717, 1.165) is 24.3 Å². The number of anilines is 2. The molecule has 178 valence electrons. The van der Waals surface area contributed by atoms with Crippen LogP contribution in [-0.4, -0.2) is 29.1 Å². The van der Waals surface area contributed by atoms with Crippen LogP contribution in [0.3, 0.4) is 0 Å². The average molecular weight is 473 g/mol. The second kappa shape index (κ2) is 10.6. The van der Waals surface area contributed by atoms with Gasteiger partial charge in [0.25, 0.3) is 5.51 Å². The van der Waals surface area contributed by atoms with Crippen molar-refractivity contribution in [3.05, 3.63) is 39.8 Å².